The van der Waals surface area contributed by atoms with Crippen molar-refractivity contribution >= 4 is 28.0 Å². The van der Waals surface area contributed by atoms with Gasteiger partial charge in [0.2, 0.25) is 5.91 Å². The maximum absolute atomic E-state index is 11.8. The molecule has 0 bridgehead atoms. The summed E-state index contributed by atoms with van der Waals surface area (Å²) in [6, 6.07) is 0. The molecule has 2 N–H and O–H groups in total. The van der Waals surface area contributed by atoms with Crippen LogP contribution >= 0.6 is 0 Å². The molecule has 0 radical (unpaired) electrons. The minimum Gasteiger partial charge on any atom is -0.469 e. The fourth-order valence-electron chi connectivity index (χ4n) is 2.02. The number of ether oxygens (including phenoxy) is 2. The number of methoxy groups -OCH3 is 1. The zero-order chi connectivity index (χ0) is 28.9. The standard InChI is InChI=1S/C10H21NO4S.C8H16O2.C7H14O2/c1-6-9(2,3)8(12)11-10(4,5)7-16(13,14)15;1-5-8(3,4)7(9)10-6-2;1-5-7(2,3)6(8)9-4/h6-7H2,1-5H3,(H,11,12)(H,13,14,15);5-6H2,1-4H3;5H2,1-4H3. The third kappa shape index (κ3) is 17.4. The molecule has 0 aromatic heterocycles. The summed E-state index contributed by atoms with van der Waals surface area (Å²) in [5.41, 5.74) is -2.14. The lowest BCUT2D eigenvalue weighted by atomic mass is 9.88. The minimum atomic E-state index is -4.09. The highest BCUT2D eigenvalue weighted by atomic mass is 32.2. The molecule has 0 aliphatic carbocycles. The number of hydrogen-bond acceptors (Lipinski definition) is 7. The Morgan fingerprint density at radius 3 is 1.37 bits per heavy atom. The number of carbonyl (C=O) groups excluding carboxylic acids is 3. The lowest BCUT2D eigenvalue weighted by molar-refractivity contribution is -0.153. The van der Waals surface area contributed by atoms with Gasteiger partial charge in [0.25, 0.3) is 10.1 Å². The zero-order valence-corrected chi connectivity index (χ0v) is 25.1. The second kappa shape index (κ2) is 15.4. The van der Waals surface area contributed by atoms with E-state index in [-0.39, 0.29) is 28.7 Å². The molecule has 0 saturated heterocycles. The van der Waals surface area contributed by atoms with Crippen molar-refractivity contribution < 1.29 is 36.8 Å². The quantitative estimate of drug-likeness (QED) is 0.307. The van der Waals surface area contributed by atoms with E-state index in [1.165, 1.54) is 7.11 Å². The summed E-state index contributed by atoms with van der Waals surface area (Å²) in [6.45, 7) is 22.4. The Bertz CT molecular complexity index is 768. The van der Waals surface area contributed by atoms with Gasteiger partial charge in [-0.3, -0.25) is 18.9 Å². The van der Waals surface area contributed by atoms with Gasteiger partial charge in [-0.05, 0) is 67.7 Å². The van der Waals surface area contributed by atoms with E-state index < -0.39 is 26.8 Å². The Hall–Kier alpha value is -1.68. The molecule has 0 spiro atoms. The first-order valence-electron chi connectivity index (χ1n) is 12.0. The van der Waals surface area contributed by atoms with Gasteiger partial charge >= 0.3 is 11.9 Å². The summed E-state index contributed by atoms with van der Waals surface area (Å²) in [4.78, 5) is 33.7. The largest absolute Gasteiger partial charge is 0.469 e. The maximum atomic E-state index is 11.8. The Morgan fingerprint density at radius 2 is 1.11 bits per heavy atom. The van der Waals surface area contributed by atoms with E-state index in [2.05, 4.69) is 10.1 Å². The molecule has 0 aromatic carbocycles. The lowest BCUT2D eigenvalue weighted by Crippen LogP contribution is -2.52. The van der Waals surface area contributed by atoms with Crippen LogP contribution < -0.4 is 5.32 Å². The molecule has 0 aliphatic heterocycles. The van der Waals surface area contributed by atoms with Crippen LogP contribution in [0.25, 0.3) is 0 Å². The Balaban J connectivity index is -0.000000466. The monoisotopic (exact) mass is 525 g/mol. The molecule has 0 unspecified atom stereocenters. The predicted octanol–water partition coefficient (Wildman–Crippen LogP) is 4.79. The number of carbonyl (C=O) groups is 3. The first kappa shape index (κ1) is 37.9. The molecule has 0 saturated carbocycles. The van der Waals surface area contributed by atoms with Gasteiger partial charge in [0, 0.05) is 5.41 Å². The van der Waals surface area contributed by atoms with Crippen molar-refractivity contribution in [1.29, 1.82) is 0 Å². The maximum Gasteiger partial charge on any atom is 0.311 e. The van der Waals surface area contributed by atoms with Crippen LogP contribution in [0, 0.1) is 16.2 Å². The third-order valence-electron chi connectivity index (χ3n) is 5.83. The van der Waals surface area contributed by atoms with Gasteiger partial charge in [0.1, 0.15) is 0 Å². The first-order valence-corrected chi connectivity index (χ1v) is 13.6. The van der Waals surface area contributed by atoms with Crippen LogP contribution in [-0.4, -0.2) is 55.8 Å². The van der Waals surface area contributed by atoms with E-state index in [4.69, 9.17) is 9.29 Å². The fraction of sp³-hybridized carbons (Fsp3) is 0.880. The van der Waals surface area contributed by atoms with Crippen molar-refractivity contribution in [2.24, 2.45) is 16.2 Å². The summed E-state index contributed by atoms with van der Waals surface area (Å²) in [6.07, 6.45) is 2.30. The van der Waals surface area contributed by atoms with Crippen LogP contribution in [0.5, 0.6) is 0 Å². The summed E-state index contributed by atoms with van der Waals surface area (Å²) in [7, 11) is -2.68. The number of amides is 1. The second-order valence-electron chi connectivity index (χ2n) is 11.0. The van der Waals surface area contributed by atoms with Crippen molar-refractivity contribution in [2.45, 2.75) is 108 Å². The van der Waals surface area contributed by atoms with Crippen molar-refractivity contribution in [3.63, 3.8) is 0 Å². The topological polar surface area (TPSA) is 136 Å². The van der Waals surface area contributed by atoms with Gasteiger partial charge in [-0.2, -0.15) is 8.42 Å². The van der Waals surface area contributed by atoms with E-state index in [0.29, 0.717) is 13.0 Å². The van der Waals surface area contributed by atoms with E-state index in [1.807, 2.05) is 55.4 Å². The fourth-order valence-corrected chi connectivity index (χ4v) is 3.00. The molecule has 0 atom stereocenters. The Morgan fingerprint density at radius 1 is 0.743 bits per heavy atom. The molecule has 9 nitrogen and oxygen atoms in total. The number of rotatable bonds is 10. The Labute approximate surface area is 213 Å². The van der Waals surface area contributed by atoms with Crippen LogP contribution in [0.1, 0.15) is 102 Å². The summed E-state index contributed by atoms with van der Waals surface area (Å²) in [5, 5.41) is 2.63. The highest BCUT2D eigenvalue weighted by Gasteiger charge is 2.33. The van der Waals surface area contributed by atoms with Gasteiger partial charge in [-0.25, -0.2) is 0 Å². The SMILES string of the molecule is CCC(C)(C)C(=O)NC(C)(C)CS(=O)(=O)O.CCC(C)(C)C(=O)OC.CCOC(=O)C(C)(C)CC. The van der Waals surface area contributed by atoms with E-state index in [0.717, 1.165) is 12.8 Å². The summed E-state index contributed by atoms with van der Waals surface area (Å²) in [5.74, 6) is -0.947. The molecular formula is C25H51NO8S. The van der Waals surface area contributed by atoms with E-state index in [1.54, 1.807) is 27.7 Å². The molecule has 10 heteroatoms. The number of esters is 2. The minimum absolute atomic E-state index is 0.0995. The molecular weight excluding hydrogens is 474 g/mol. The molecule has 0 fully saturated rings. The number of nitrogens with one attached hydrogen (secondary N) is 1. The van der Waals surface area contributed by atoms with Crippen LogP contribution in [0.15, 0.2) is 0 Å². The molecule has 0 heterocycles. The van der Waals surface area contributed by atoms with Crippen molar-refractivity contribution in [2.75, 3.05) is 19.5 Å². The number of hydrogen-bond donors (Lipinski definition) is 2. The predicted molar refractivity (Wildman–Crippen MR) is 140 cm³/mol. The zero-order valence-electron chi connectivity index (χ0n) is 24.2. The van der Waals surface area contributed by atoms with Gasteiger partial charge in [0.05, 0.1) is 35.8 Å². The molecule has 0 aromatic rings. The van der Waals surface area contributed by atoms with Crippen molar-refractivity contribution in [3.8, 4) is 0 Å². The molecule has 35 heavy (non-hydrogen) atoms. The molecule has 210 valence electrons. The smallest absolute Gasteiger partial charge is 0.311 e. The molecule has 1 amide bonds. The highest BCUT2D eigenvalue weighted by molar-refractivity contribution is 7.85. The average molecular weight is 526 g/mol. The summed E-state index contributed by atoms with van der Waals surface area (Å²) < 4.78 is 39.7. The average Bonchev–Trinajstić information content (AvgIpc) is 2.71. The normalized spacial score (nSPS) is 12.3. The summed E-state index contributed by atoms with van der Waals surface area (Å²) >= 11 is 0. The molecule has 0 aliphatic rings. The van der Waals surface area contributed by atoms with Crippen LogP contribution in [0.3, 0.4) is 0 Å². The van der Waals surface area contributed by atoms with Gasteiger partial charge < -0.3 is 14.8 Å². The van der Waals surface area contributed by atoms with E-state index >= 15 is 0 Å². The van der Waals surface area contributed by atoms with Crippen LogP contribution in [-0.2, 0) is 34.0 Å². The van der Waals surface area contributed by atoms with Gasteiger partial charge in [0.15, 0.2) is 0 Å². The van der Waals surface area contributed by atoms with Crippen molar-refractivity contribution in [1.82, 2.24) is 5.32 Å². The van der Waals surface area contributed by atoms with Crippen LogP contribution in [0.4, 0.5) is 0 Å². The van der Waals surface area contributed by atoms with E-state index in [9.17, 15) is 22.8 Å². The lowest BCUT2D eigenvalue weighted by Gasteiger charge is -2.30. The van der Waals surface area contributed by atoms with Crippen LogP contribution in [0.2, 0.25) is 0 Å². The third-order valence-corrected chi connectivity index (χ3v) is 6.91. The molecule has 0 rings (SSSR count). The van der Waals surface area contributed by atoms with Gasteiger partial charge in [-0.15, -0.1) is 0 Å². The van der Waals surface area contributed by atoms with Crippen molar-refractivity contribution in [3.05, 3.63) is 0 Å². The first-order chi connectivity index (χ1) is 15.5. The Kier molecular flexibility index (Phi) is 16.7. The van der Waals surface area contributed by atoms with Gasteiger partial charge in [-0.1, -0.05) is 34.6 Å². The highest BCUT2D eigenvalue weighted by Crippen LogP contribution is 2.22. The second-order valence-corrected chi connectivity index (χ2v) is 12.4.